The average molecular weight is 229 g/mol. The van der Waals surface area contributed by atoms with Crippen molar-refractivity contribution in [2.45, 2.75) is 26.3 Å². The van der Waals surface area contributed by atoms with Gasteiger partial charge in [0.25, 0.3) is 0 Å². The van der Waals surface area contributed by atoms with Crippen molar-refractivity contribution in [1.29, 1.82) is 0 Å². The molecule has 3 heteroatoms. The molecule has 1 N–H and O–H groups in total. The van der Waals surface area contributed by atoms with Crippen LogP contribution in [-0.2, 0) is 13.5 Å². The van der Waals surface area contributed by atoms with Gasteiger partial charge in [-0.15, -0.1) is 0 Å². The molecule has 0 aliphatic carbocycles. The first-order valence-corrected chi connectivity index (χ1v) is 6.03. The molecular formula is C14H19N3. The molecule has 0 spiro atoms. The number of nitrogens with zero attached hydrogens (tertiary/aromatic N) is 2. The lowest BCUT2D eigenvalue weighted by Gasteiger charge is -2.15. The lowest BCUT2D eigenvalue weighted by Crippen LogP contribution is -2.11. The first-order valence-electron chi connectivity index (χ1n) is 6.03. The molecule has 1 aromatic carbocycles. The molecule has 0 saturated heterocycles. The van der Waals surface area contributed by atoms with E-state index < -0.39 is 0 Å². The van der Waals surface area contributed by atoms with Gasteiger partial charge in [0.2, 0.25) is 0 Å². The second-order valence-corrected chi connectivity index (χ2v) is 4.32. The Morgan fingerprint density at radius 1 is 1.41 bits per heavy atom. The Bertz CT molecular complexity index is 488. The SMILES string of the molecule is CCc1cccc(NC(C)c2nccn2C)c1. The number of nitrogens with one attached hydrogen (secondary N) is 1. The fourth-order valence-electron chi connectivity index (χ4n) is 1.99. The Morgan fingerprint density at radius 2 is 2.24 bits per heavy atom. The van der Waals surface area contributed by atoms with Crippen molar-refractivity contribution in [3.63, 3.8) is 0 Å². The van der Waals surface area contributed by atoms with E-state index in [4.69, 9.17) is 0 Å². The molecule has 0 aliphatic rings. The summed E-state index contributed by atoms with van der Waals surface area (Å²) < 4.78 is 2.04. The summed E-state index contributed by atoms with van der Waals surface area (Å²) in [4.78, 5) is 4.35. The quantitative estimate of drug-likeness (QED) is 0.872. The molecule has 0 saturated carbocycles. The Labute approximate surface area is 103 Å². The van der Waals surface area contributed by atoms with Gasteiger partial charge in [0.15, 0.2) is 0 Å². The van der Waals surface area contributed by atoms with Crippen LogP contribution in [0.2, 0.25) is 0 Å². The molecule has 1 aromatic heterocycles. The highest BCUT2D eigenvalue weighted by Gasteiger charge is 2.09. The van der Waals surface area contributed by atoms with E-state index in [-0.39, 0.29) is 6.04 Å². The zero-order valence-electron chi connectivity index (χ0n) is 10.6. The summed E-state index contributed by atoms with van der Waals surface area (Å²) in [6.45, 7) is 4.29. The third-order valence-corrected chi connectivity index (χ3v) is 2.96. The highest BCUT2D eigenvalue weighted by molar-refractivity contribution is 5.46. The van der Waals surface area contributed by atoms with Gasteiger partial charge >= 0.3 is 0 Å². The molecule has 2 aromatic rings. The fraction of sp³-hybridized carbons (Fsp3) is 0.357. The molecule has 1 atom stereocenters. The molecule has 0 radical (unpaired) electrons. The smallest absolute Gasteiger partial charge is 0.130 e. The van der Waals surface area contributed by atoms with Gasteiger partial charge in [-0.2, -0.15) is 0 Å². The van der Waals surface area contributed by atoms with Crippen LogP contribution >= 0.6 is 0 Å². The van der Waals surface area contributed by atoms with Crippen LogP contribution < -0.4 is 5.32 Å². The molecule has 0 amide bonds. The van der Waals surface area contributed by atoms with Crippen LogP contribution in [-0.4, -0.2) is 9.55 Å². The number of hydrogen-bond acceptors (Lipinski definition) is 2. The predicted molar refractivity (Wildman–Crippen MR) is 71.1 cm³/mol. The molecule has 1 heterocycles. The van der Waals surface area contributed by atoms with Crippen LogP contribution in [0.5, 0.6) is 0 Å². The maximum absolute atomic E-state index is 4.35. The number of rotatable bonds is 4. The molecule has 17 heavy (non-hydrogen) atoms. The summed E-state index contributed by atoms with van der Waals surface area (Å²) in [6, 6.07) is 8.74. The first-order chi connectivity index (χ1) is 8.20. The second kappa shape index (κ2) is 5.04. The zero-order valence-corrected chi connectivity index (χ0v) is 10.6. The van der Waals surface area contributed by atoms with E-state index in [0.717, 1.165) is 17.9 Å². The van der Waals surface area contributed by atoms with Gasteiger partial charge in [-0.1, -0.05) is 19.1 Å². The topological polar surface area (TPSA) is 29.9 Å². The number of benzene rings is 1. The van der Waals surface area contributed by atoms with Gasteiger partial charge in [0.1, 0.15) is 5.82 Å². The number of imidazole rings is 1. The maximum atomic E-state index is 4.35. The third kappa shape index (κ3) is 2.67. The van der Waals surface area contributed by atoms with Crippen LogP contribution in [0, 0.1) is 0 Å². The monoisotopic (exact) mass is 229 g/mol. The van der Waals surface area contributed by atoms with E-state index in [9.17, 15) is 0 Å². The number of anilines is 1. The number of aryl methyl sites for hydroxylation is 2. The Balaban J connectivity index is 2.13. The molecule has 0 bridgehead atoms. The molecule has 1 unspecified atom stereocenters. The van der Waals surface area contributed by atoms with Crippen molar-refractivity contribution in [1.82, 2.24) is 9.55 Å². The standard InChI is InChI=1S/C14H19N3/c1-4-12-6-5-7-13(10-12)16-11(2)14-15-8-9-17(14)3/h5-11,16H,4H2,1-3H3. The van der Waals surface area contributed by atoms with Crippen molar-refractivity contribution in [3.8, 4) is 0 Å². The normalized spacial score (nSPS) is 12.4. The summed E-state index contributed by atoms with van der Waals surface area (Å²) in [7, 11) is 2.02. The molecule has 90 valence electrons. The fourth-order valence-corrected chi connectivity index (χ4v) is 1.99. The predicted octanol–water partition coefficient (Wildman–Crippen LogP) is 3.16. The van der Waals surface area contributed by atoms with Gasteiger partial charge in [0, 0.05) is 25.1 Å². The average Bonchev–Trinajstić information content (AvgIpc) is 2.76. The van der Waals surface area contributed by atoms with E-state index in [0.29, 0.717) is 0 Å². The Morgan fingerprint density at radius 3 is 2.88 bits per heavy atom. The largest absolute Gasteiger partial charge is 0.375 e. The van der Waals surface area contributed by atoms with E-state index in [1.807, 2.05) is 24.0 Å². The molecule has 0 aliphatic heterocycles. The first kappa shape index (κ1) is 11.7. The summed E-state index contributed by atoms with van der Waals surface area (Å²) in [6.07, 6.45) is 4.86. The minimum Gasteiger partial charge on any atom is -0.375 e. The number of aromatic nitrogens is 2. The van der Waals surface area contributed by atoms with E-state index in [1.165, 1.54) is 5.56 Å². The second-order valence-electron chi connectivity index (χ2n) is 4.32. The number of hydrogen-bond donors (Lipinski definition) is 1. The summed E-state index contributed by atoms with van der Waals surface area (Å²) in [5.41, 5.74) is 2.50. The van der Waals surface area contributed by atoms with Crippen molar-refractivity contribution in [3.05, 3.63) is 48.0 Å². The lowest BCUT2D eigenvalue weighted by molar-refractivity contribution is 0.721. The minimum absolute atomic E-state index is 0.210. The van der Waals surface area contributed by atoms with Gasteiger partial charge in [-0.05, 0) is 31.0 Å². The maximum Gasteiger partial charge on any atom is 0.130 e. The van der Waals surface area contributed by atoms with Crippen molar-refractivity contribution in [2.75, 3.05) is 5.32 Å². The summed E-state index contributed by atoms with van der Waals surface area (Å²) in [5.74, 6) is 1.05. The van der Waals surface area contributed by atoms with Crippen molar-refractivity contribution < 1.29 is 0 Å². The minimum atomic E-state index is 0.210. The highest BCUT2D eigenvalue weighted by Crippen LogP contribution is 2.18. The van der Waals surface area contributed by atoms with E-state index >= 15 is 0 Å². The van der Waals surface area contributed by atoms with Crippen LogP contribution in [0.3, 0.4) is 0 Å². The van der Waals surface area contributed by atoms with E-state index in [2.05, 4.69) is 48.4 Å². The Hall–Kier alpha value is -1.77. The zero-order chi connectivity index (χ0) is 12.3. The molecule has 2 rings (SSSR count). The van der Waals surface area contributed by atoms with Crippen LogP contribution in [0.15, 0.2) is 36.7 Å². The van der Waals surface area contributed by atoms with Crippen LogP contribution in [0.1, 0.15) is 31.3 Å². The van der Waals surface area contributed by atoms with Crippen molar-refractivity contribution >= 4 is 5.69 Å². The van der Waals surface area contributed by atoms with Crippen molar-refractivity contribution in [2.24, 2.45) is 7.05 Å². The third-order valence-electron chi connectivity index (χ3n) is 2.96. The van der Waals surface area contributed by atoms with Crippen LogP contribution in [0.4, 0.5) is 5.69 Å². The molecular weight excluding hydrogens is 210 g/mol. The molecule has 3 nitrogen and oxygen atoms in total. The molecule has 0 fully saturated rings. The highest BCUT2D eigenvalue weighted by atomic mass is 15.1. The summed E-state index contributed by atoms with van der Waals surface area (Å²) in [5, 5.41) is 3.48. The lowest BCUT2D eigenvalue weighted by atomic mass is 10.1. The Kier molecular flexibility index (Phi) is 3.47. The van der Waals surface area contributed by atoms with Gasteiger partial charge in [-0.25, -0.2) is 4.98 Å². The van der Waals surface area contributed by atoms with Gasteiger partial charge in [0.05, 0.1) is 6.04 Å². The summed E-state index contributed by atoms with van der Waals surface area (Å²) >= 11 is 0. The van der Waals surface area contributed by atoms with Gasteiger partial charge < -0.3 is 9.88 Å². The van der Waals surface area contributed by atoms with Crippen LogP contribution in [0.25, 0.3) is 0 Å². The van der Waals surface area contributed by atoms with E-state index in [1.54, 1.807) is 0 Å². The van der Waals surface area contributed by atoms with Gasteiger partial charge in [-0.3, -0.25) is 0 Å².